The fourth-order valence-corrected chi connectivity index (χ4v) is 4.43. The largest absolute Gasteiger partial charge is 0.375 e. The van der Waals surface area contributed by atoms with Crippen molar-refractivity contribution in [3.05, 3.63) is 58.1 Å². The molecule has 1 fully saturated rings. The summed E-state index contributed by atoms with van der Waals surface area (Å²) in [6.07, 6.45) is 1.82. The molecular formula is C21H26N4O5S. The van der Waals surface area contributed by atoms with Crippen LogP contribution in [0.4, 0.5) is 17.1 Å². The summed E-state index contributed by atoms with van der Waals surface area (Å²) < 4.78 is 27.5. The van der Waals surface area contributed by atoms with Crippen LogP contribution in [-0.4, -0.2) is 24.8 Å². The van der Waals surface area contributed by atoms with Crippen molar-refractivity contribution in [3.8, 4) is 0 Å². The molecule has 1 saturated carbocycles. The van der Waals surface area contributed by atoms with Crippen molar-refractivity contribution in [2.45, 2.75) is 50.6 Å². The van der Waals surface area contributed by atoms with Gasteiger partial charge >= 0.3 is 0 Å². The standard InChI is InChI=1S/C21H26N4O5S/c1-21(2,3)24-31(29,30)17-9-10-18(19(12-17)25(27)28)22-13-14-5-4-6-16(11-14)23-20(26)15-7-8-15/h4-6,9-12,15,22,24H,7-8,13H2,1-3H3,(H,23,26). The molecule has 1 aliphatic carbocycles. The molecular weight excluding hydrogens is 420 g/mol. The Morgan fingerprint density at radius 3 is 2.48 bits per heavy atom. The number of carbonyl (C=O) groups excluding carboxylic acids is 1. The maximum Gasteiger partial charge on any atom is 0.293 e. The van der Waals surface area contributed by atoms with E-state index in [1.807, 2.05) is 6.07 Å². The first-order chi connectivity index (χ1) is 14.4. The first-order valence-corrected chi connectivity index (χ1v) is 11.4. The van der Waals surface area contributed by atoms with Crippen LogP contribution in [0.5, 0.6) is 0 Å². The first-order valence-electron chi connectivity index (χ1n) is 9.91. The fraction of sp³-hybridized carbons (Fsp3) is 0.381. The fourth-order valence-electron chi connectivity index (χ4n) is 2.99. The Balaban J connectivity index is 1.76. The molecule has 166 valence electrons. The van der Waals surface area contributed by atoms with Crippen molar-refractivity contribution in [1.29, 1.82) is 0 Å². The second-order valence-corrected chi connectivity index (χ2v) is 10.3. The van der Waals surface area contributed by atoms with Gasteiger partial charge in [-0.25, -0.2) is 13.1 Å². The number of benzene rings is 2. The number of nitro benzene ring substituents is 1. The van der Waals surface area contributed by atoms with Crippen LogP contribution in [0.3, 0.4) is 0 Å². The van der Waals surface area contributed by atoms with Crippen LogP contribution < -0.4 is 15.4 Å². The second-order valence-electron chi connectivity index (χ2n) is 8.61. The Hall–Kier alpha value is -2.98. The lowest BCUT2D eigenvalue weighted by atomic mass is 10.1. The number of nitrogens with one attached hydrogen (secondary N) is 3. The first kappa shape index (κ1) is 22.7. The molecule has 0 heterocycles. The summed E-state index contributed by atoms with van der Waals surface area (Å²) >= 11 is 0. The molecule has 1 aliphatic rings. The van der Waals surface area contributed by atoms with Crippen LogP contribution in [0.15, 0.2) is 47.4 Å². The minimum atomic E-state index is -3.90. The maximum atomic E-state index is 12.5. The van der Waals surface area contributed by atoms with E-state index in [-0.39, 0.29) is 34.6 Å². The SMILES string of the molecule is CC(C)(C)NS(=O)(=O)c1ccc(NCc2cccc(NC(=O)C3CC3)c2)c([N+](=O)[O-])c1. The predicted octanol–water partition coefficient (Wildman–Crippen LogP) is 3.63. The summed E-state index contributed by atoms with van der Waals surface area (Å²) in [6, 6.07) is 11.0. The quantitative estimate of drug-likeness (QED) is 0.419. The minimum absolute atomic E-state index is 0.00131. The van der Waals surface area contributed by atoms with Gasteiger partial charge in [0, 0.05) is 29.8 Å². The average molecular weight is 447 g/mol. The van der Waals surface area contributed by atoms with Crippen LogP contribution in [0.25, 0.3) is 0 Å². The lowest BCUT2D eigenvalue weighted by Crippen LogP contribution is -2.40. The van der Waals surface area contributed by atoms with Crippen LogP contribution in [0, 0.1) is 16.0 Å². The number of sulfonamides is 1. The van der Waals surface area contributed by atoms with E-state index in [0.29, 0.717) is 5.69 Å². The van der Waals surface area contributed by atoms with Gasteiger partial charge in [-0.15, -0.1) is 0 Å². The minimum Gasteiger partial charge on any atom is -0.375 e. The molecule has 0 aromatic heterocycles. The Morgan fingerprint density at radius 1 is 1.16 bits per heavy atom. The Morgan fingerprint density at radius 2 is 1.87 bits per heavy atom. The van der Waals surface area contributed by atoms with E-state index in [2.05, 4.69) is 15.4 Å². The van der Waals surface area contributed by atoms with Gasteiger partial charge in [0.2, 0.25) is 15.9 Å². The number of nitro groups is 1. The third-order valence-corrected chi connectivity index (χ3v) is 6.30. The van der Waals surface area contributed by atoms with Crippen molar-refractivity contribution >= 4 is 33.0 Å². The summed E-state index contributed by atoms with van der Waals surface area (Å²) in [5, 5.41) is 17.4. The van der Waals surface area contributed by atoms with Crippen molar-refractivity contribution < 1.29 is 18.1 Å². The van der Waals surface area contributed by atoms with Gasteiger partial charge < -0.3 is 10.6 Å². The molecule has 0 spiro atoms. The number of hydrogen-bond acceptors (Lipinski definition) is 6. The van der Waals surface area contributed by atoms with E-state index >= 15 is 0 Å². The molecule has 0 bridgehead atoms. The highest BCUT2D eigenvalue weighted by atomic mass is 32.2. The van der Waals surface area contributed by atoms with Crippen LogP contribution in [0.2, 0.25) is 0 Å². The second kappa shape index (κ2) is 8.64. The molecule has 0 radical (unpaired) electrons. The van der Waals surface area contributed by atoms with Crippen molar-refractivity contribution in [1.82, 2.24) is 4.72 Å². The average Bonchev–Trinajstić information content (AvgIpc) is 3.50. The van der Waals surface area contributed by atoms with Crippen molar-refractivity contribution in [2.24, 2.45) is 5.92 Å². The van der Waals surface area contributed by atoms with Gasteiger partial charge in [-0.2, -0.15) is 0 Å². The lowest BCUT2D eigenvalue weighted by Gasteiger charge is -2.20. The van der Waals surface area contributed by atoms with Gasteiger partial charge in [0.05, 0.1) is 9.82 Å². The number of nitrogens with zero attached hydrogens (tertiary/aromatic N) is 1. The summed E-state index contributed by atoms with van der Waals surface area (Å²) in [4.78, 5) is 22.7. The molecule has 10 heteroatoms. The van der Waals surface area contributed by atoms with Gasteiger partial charge in [-0.1, -0.05) is 12.1 Å². The number of carbonyl (C=O) groups is 1. The number of hydrogen-bond donors (Lipinski definition) is 3. The zero-order valence-electron chi connectivity index (χ0n) is 17.6. The van der Waals surface area contributed by atoms with Gasteiger partial charge in [0.25, 0.3) is 5.69 Å². The van der Waals surface area contributed by atoms with Gasteiger partial charge in [-0.05, 0) is 63.4 Å². The molecule has 3 N–H and O–H groups in total. The molecule has 1 amide bonds. The lowest BCUT2D eigenvalue weighted by molar-refractivity contribution is -0.384. The van der Waals surface area contributed by atoms with Crippen LogP contribution in [-0.2, 0) is 21.4 Å². The molecule has 31 heavy (non-hydrogen) atoms. The van der Waals surface area contributed by atoms with Crippen LogP contribution >= 0.6 is 0 Å². The van der Waals surface area contributed by atoms with Gasteiger partial charge in [0.1, 0.15) is 5.69 Å². The Bertz CT molecular complexity index is 1100. The van der Waals surface area contributed by atoms with Crippen molar-refractivity contribution in [2.75, 3.05) is 10.6 Å². The molecule has 0 saturated heterocycles. The van der Waals surface area contributed by atoms with E-state index < -0.39 is 20.5 Å². The molecule has 2 aromatic rings. The Kier molecular flexibility index (Phi) is 6.33. The molecule has 0 unspecified atom stereocenters. The third-order valence-electron chi connectivity index (χ3n) is 4.54. The molecule has 0 atom stereocenters. The number of amides is 1. The van der Waals surface area contributed by atoms with E-state index in [1.165, 1.54) is 12.1 Å². The van der Waals surface area contributed by atoms with E-state index in [4.69, 9.17) is 0 Å². The normalized spacial score (nSPS) is 14.2. The topological polar surface area (TPSA) is 130 Å². The zero-order chi connectivity index (χ0) is 22.8. The van der Waals surface area contributed by atoms with Gasteiger partial charge in [-0.3, -0.25) is 14.9 Å². The smallest absolute Gasteiger partial charge is 0.293 e. The maximum absolute atomic E-state index is 12.5. The number of rotatable bonds is 8. The highest BCUT2D eigenvalue weighted by Crippen LogP contribution is 2.31. The predicted molar refractivity (Wildman–Crippen MR) is 118 cm³/mol. The van der Waals surface area contributed by atoms with Crippen molar-refractivity contribution in [3.63, 3.8) is 0 Å². The van der Waals surface area contributed by atoms with E-state index in [9.17, 15) is 23.3 Å². The van der Waals surface area contributed by atoms with E-state index in [0.717, 1.165) is 24.5 Å². The monoisotopic (exact) mass is 446 g/mol. The number of anilines is 2. The molecule has 2 aromatic carbocycles. The summed E-state index contributed by atoms with van der Waals surface area (Å²) in [5.74, 6) is 0.0911. The van der Waals surface area contributed by atoms with E-state index in [1.54, 1.807) is 39.0 Å². The third kappa shape index (κ3) is 6.25. The van der Waals surface area contributed by atoms with Crippen LogP contribution in [0.1, 0.15) is 39.2 Å². The molecule has 3 rings (SSSR count). The summed E-state index contributed by atoms with van der Waals surface area (Å²) in [6.45, 7) is 5.34. The summed E-state index contributed by atoms with van der Waals surface area (Å²) in [5.41, 5.74) is 0.626. The van der Waals surface area contributed by atoms with Gasteiger partial charge in [0.15, 0.2) is 0 Å². The Labute approximate surface area is 181 Å². The molecule has 0 aliphatic heterocycles. The zero-order valence-corrected chi connectivity index (χ0v) is 18.5. The highest BCUT2D eigenvalue weighted by molar-refractivity contribution is 7.89. The highest BCUT2D eigenvalue weighted by Gasteiger charge is 2.29. The molecule has 9 nitrogen and oxygen atoms in total. The summed E-state index contributed by atoms with van der Waals surface area (Å²) in [7, 11) is -3.90.